The number of nitro groups is 1. The molecule has 9 nitrogen and oxygen atoms in total. The minimum absolute atomic E-state index is 0.0786. The van der Waals surface area contributed by atoms with Gasteiger partial charge >= 0.3 is 5.69 Å². The number of pyridine rings is 1. The summed E-state index contributed by atoms with van der Waals surface area (Å²) in [7, 11) is 1.77. The number of rotatable bonds is 5. The Labute approximate surface area is 168 Å². The maximum Gasteiger partial charge on any atom is 0.353 e. The Bertz CT molecular complexity index is 977. The molecule has 2 aromatic heterocycles. The van der Waals surface area contributed by atoms with Gasteiger partial charge in [-0.15, -0.1) is 0 Å². The van der Waals surface area contributed by atoms with E-state index in [0.717, 1.165) is 11.5 Å². The summed E-state index contributed by atoms with van der Waals surface area (Å²) in [4.78, 5) is 30.3. The third-order valence-corrected chi connectivity index (χ3v) is 4.98. The summed E-state index contributed by atoms with van der Waals surface area (Å²) in [6, 6.07) is 15.2. The van der Waals surface area contributed by atoms with Gasteiger partial charge in [0.2, 0.25) is 11.6 Å². The zero-order valence-electron chi connectivity index (χ0n) is 16.0. The summed E-state index contributed by atoms with van der Waals surface area (Å²) in [5.41, 5.74) is 0.741. The van der Waals surface area contributed by atoms with Crippen molar-refractivity contribution < 1.29 is 4.92 Å². The fourth-order valence-electron chi connectivity index (χ4n) is 3.46. The highest BCUT2D eigenvalue weighted by Crippen LogP contribution is 2.36. The average molecular weight is 391 g/mol. The third-order valence-electron chi connectivity index (χ3n) is 4.98. The molecule has 0 saturated carbocycles. The number of piperazine rings is 1. The second-order valence-electron chi connectivity index (χ2n) is 6.68. The largest absolute Gasteiger partial charge is 0.353 e. The molecule has 9 heteroatoms. The van der Waals surface area contributed by atoms with Gasteiger partial charge in [0, 0.05) is 45.1 Å². The van der Waals surface area contributed by atoms with E-state index >= 15 is 0 Å². The van der Waals surface area contributed by atoms with Crippen molar-refractivity contribution in [3.8, 4) is 0 Å². The standard InChI is InChI=1S/C20H21N7O2/c1-24(16-7-3-2-4-8-16)19-18(27(28)29)20(23-15-22-19)26-13-11-25(12-14-26)17-9-5-6-10-21-17/h2-10,15H,11-14H2,1H3. The van der Waals surface area contributed by atoms with E-state index < -0.39 is 4.92 Å². The van der Waals surface area contributed by atoms with Gasteiger partial charge in [0.25, 0.3) is 0 Å². The van der Waals surface area contributed by atoms with Crippen LogP contribution in [0.5, 0.6) is 0 Å². The summed E-state index contributed by atoms with van der Waals surface area (Å²) < 4.78 is 0. The molecular formula is C20H21N7O2. The molecule has 3 aromatic rings. The number of hydrogen-bond donors (Lipinski definition) is 0. The first-order chi connectivity index (χ1) is 14.1. The van der Waals surface area contributed by atoms with Gasteiger partial charge in [-0.05, 0) is 24.3 Å². The maximum atomic E-state index is 12.0. The summed E-state index contributed by atoms with van der Waals surface area (Å²) >= 11 is 0. The molecule has 1 aliphatic heterocycles. The number of nitrogens with zero attached hydrogens (tertiary/aromatic N) is 7. The van der Waals surface area contributed by atoms with Crippen LogP contribution in [0, 0.1) is 10.1 Å². The molecule has 1 saturated heterocycles. The molecule has 148 valence electrons. The van der Waals surface area contributed by atoms with Crippen LogP contribution in [0.25, 0.3) is 0 Å². The summed E-state index contributed by atoms with van der Waals surface area (Å²) in [6.45, 7) is 2.65. The topological polar surface area (TPSA) is 91.5 Å². The monoisotopic (exact) mass is 391 g/mol. The van der Waals surface area contributed by atoms with Crippen molar-refractivity contribution in [2.45, 2.75) is 0 Å². The molecule has 0 aliphatic carbocycles. The fraction of sp³-hybridized carbons (Fsp3) is 0.250. The molecule has 3 heterocycles. The molecular weight excluding hydrogens is 370 g/mol. The van der Waals surface area contributed by atoms with Crippen LogP contribution >= 0.6 is 0 Å². The van der Waals surface area contributed by atoms with Gasteiger partial charge in [-0.3, -0.25) is 10.1 Å². The lowest BCUT2D eigenvalue weighted by Gasteiger charge is -2.35. The van der Waals surface area contributed by atoms with Crippen LogP contribution in [-0.4, -0.2) is 53.1 Å². The fourth-order valence-corrected chi connectivity index (χ4v) is 3.46. The smallest absolute Gasteiger partial charge is 0.353 e. The van der Waals surface area contributed by atoms with Gasteiger partial charge in [0.15, 0.2) is 0 Å². The van der Waals surface area contributed by atoms with Gasteiger partial charge in [-0.25, -0.2) is 15.0 Å². The molecule has 0 radical (unpaired) electrons. The highest BCUT2D eigenvalue weighted by Gasteiger charge is 2.31. The van der Waals surface area contributed by atoms with Crippen LogP contribution in [0.3, 0.4) is 0 Å². The van der Waals surface area contributed by atoms with Crippen LogP contribution in [0.2, 0.25) is 0 Å². The summed E-state index contributed by atoms with van der Waals surface area (Å²) in [6.07, 6.45) is 3.16. The molecule has 0 N–H and O–H groups in total. The van der Waals surface area contributed by atoms with Crippen LogP contribution in [0.4, 0.5) is 28.8 Å². The first-order valence-corrected chi connectivity index (χ1v) is 9.34. The molecule has 4 rings (SSSR count). The minimum atomic E-state index is -0.394. The van der Waals surface area contributed by atoms with Crippen LogP contribution in [0.1, 0.15) is 0 Å². The van der Waals surface area contributed by atoms with Crippen molar-refractivity contribution in [1.29, 1.82) is 0 Å². The highest BCUT2D eigenvalue weighted by atomic mass is 16.6. The van der Waals surface area contributed by atoms with E-state index in [4.69, 9.17) is 0 Å². The second kappa shape index (κ2) is 8.09. The maximum absolute atomic E-state index is 12.0. The molecule has 0 atom stereocenters. The van der Waals surface area contributed by atoms with Gasteiger partial charge in [0.1, 0.15) is 12.1 Å². The third kappa shape index (κ3) is 3.79. The lowest BCUT2D eigenvalue weighted by molar-refractivity contribution is -0.383. The number of hydrogen-bond acceptors (Lipinski definition) is 8. The zero-order chi connectivity index (χ0) is 20.2. The highest BCUT2D eigenvalue weighted by molar-refractivity contribution is 5.76. The Morgan fingerprint density at radius 1 is 0.931 bits per heavy atom. The predicted octanol–water partition coefficient (Wildman–Crippen LogP) is 2.87. The van der Waals surface area contributed by atoms with Crippen LogP contribution < -0.4 is 14.7 Å². The van der Waals surface area contributed by atoms with Gasteiger partial charge < -0.3 is 14.7 Å². The summed E-state index contributed by atoms with van der Waals surface area (Å²) in [5.74, 6) is 1.54. The molecule has 0 bridgehead atoms. The molecule has 0 spiro atoms. The normalized spacial score (nSPS) is 14.0. The van der Waals surface area contributed by atoms with E-state index in [1.807, 2.05) is 53.4 Å². The average Bonchev–Trinajstić information content (AvgIpc) is 2.79. The van der Waals surface area contributed by atoms with E-state index in [0.29, 0.717) is 32.0 Å². The number of aromatic nitrogens is 3. The van der Waals surface area contributed by atoms with Crippen LogP contribution in [-0.2, 0) is 0 Å². The van der Waals surface area contributed by atoms with Crippen molar-refractivity contribution in [3.63, 3.8) is 0 Å². The Kier molecular flexibility index (Phi) is 5.19. The lowest BCUT2D eigenvalue weighted by atomic mass is 10.2. The molecule has 0 amide bonds. The van der Waals surface area contributed by atoms with Crippen molar-refractivity contribution in [2.24, 2.45) is 0 Å². The van der Waals surface area contributed by atoms with E-state index in [-0.39, 0.29) is 11.5 Å². The lowest BCUT2D eigenvalue weighted by Crippen LogP contribution is -2.47. The van der Waals surface area contributed by atoms with E-state index in [1.165, 1.54) is 6.33 Å². The minimum Gasteiger partial charge on any atom is -0.353 e. The zero-order valence-corrected chi connectivity index (χ0v) is 16.0. The number of benzene rings is 1. The molecule has 0 unspecified atom stereocenters. The molecule has 1 aliphatic rings. The second-order valence-corrected chi connectivity index (χ2v) is 6.68. The van der Waals surface area contributed by atoms with Crippen molar-refractivity contribution in [1.82, 2.24) is 15.0 Å². The van der Waals surface area contributed by atoms with Crippen molar-refractivity contribution in [3.05, 3.63) is 71.2 Å². The Balaban J connectivity index is 1.61. The van der Waals surface area contributed by atoms with Crippen molar-refractivity contribution in [2.75, 3.05) is 47.9 Å². The SMILES string of the molecule is CN(c1ccccc1)c1ncnc(N2CCN(c3ccccn3)CC2)c1[N+](=O)[O-]. The predicted molar refractivity (Wildman–Crippen MR) is 112 cm³/mol. The van der Waals surface area contributed by atoms with Crippen molar-refractivity contribution >= 4 is 28.8 Å². The molecule has 1 fully saturated rings. The van der Waals surface area contributed by atoms with E-state index in [2.05, 4.69) is 19.9 Å². The quantitative estimate of drug-likeness (QED) is 0.484. The van der Waals surface area contributed by atoms with E-state index in [1.54, 1.807) is 18.1 Å². The first-order valence-electron chi connectivity index (χ1n) is 9.34. The Morgan fingerprint density at radius 2 is 1.62 bits per heavy atom. The van der Waals surface area contributed by atoms with Gasteiger partial charge in [0.05, 0.1) is 4.92 Å². The van der Waals surface area contributed by atoms with Crippen LogP contribution in [0.15, 0.2) is 61.1 Å². The number of para-hydroxylation sites is 1. The van der Waals surface area contributed by atoms with E-state index in [9.17, 15) is 10.1 Å². The first kappa shape index (κ1) is 18.6. The summed E-state index contributed by atoms with van der Waals surface area (Å²) in [5, 5.41) is 12.0. The van der Waals surface area contributed by atoms with Gasteiger partial charge in [-0.1, -0.05) is 24.3 Å². The number of anilines is 4. The van der Waals surface area contributed by atoms with Gasteiger partial charge in [-0.2, -0.15) is 0 Å². The Morgan fingerprint density at radius 3 is 2.28 bits per heavy atom. The Hall–Kier alpha value is -3.75. The molecule has 29 heavy (non-hydrogen) atoms. The molecule has 1 aromatic carbocycles.